The van der Waals surface area contributed by atoms with Crippen molar-refractivity contribution in [2.45, 2.75) is 13.5 Å². The van der Waals surface area contributed by atoms with Crippen molar-refractivity contribution in [3.05, 3.63) is 33.7 Å². The summed E-state index contributed by atoms with van der Waals surface area (Å²) in [6.45, 7) is 6.55. The van der Waals surface area contributed by atoms with Gasteiger partial charge in [0.15, 0.2) is 0 Å². The zero-order chi connectivity index (χ0) is 18.1. The van der Waals surface area contributed by atoms with E-state index in [9.17, 15) is 9.59 Å². The molecule has 8 nitrogen and oxygen atoms in total. The average Bonchev–Trinajstić information content (AvgIpc) is 3.15. The smallest absolute Gasteiger partial charge is 0.291 e. The first-order chi connectivity index (χ1) is 12.6. The Bertz CT molecular complexity index is 999. The van der Waals surface area contributed by atoms with Crippen LogP contribution >= 0.6 is 11.3 Å². The maximum atomic E-state index is 12.6. The van der Waals surface area contributed by atoms with Gasteiger partial charge in [-0.25, -0.2) is 4.68 Å². The average molecular weight is 375 g/mol. The van der Waals surface area contributed by atoms with Crippen molar-refractivity contribution in [2.75, 3.05) is 39.4 Å². The number of aromatic nitrogens is 3. The third kappa shape index (κ3) is 3.37. The van der Waals surface area contributed by atoms with Crippen molar-refractivity contribution < 1.29 is 9.53 Å². The van der Waals surface area contributed by atoms with Gasteiger partial charge in [0, 0.05) is 31.1 Å². The number of amides is 1. The van der Waals surface area contributed by atoms with Crippen LogP contribution in [-0.4, -0.2) is 64.4 Å². The Morgan fingerprint density at radius 2 is 2.12 bits per heavy atom. The molecule has 0 unspecified atom stereocenters. The molecule has 0 atom stereocenters. The molecule has 1 fully saturated rings. The Kier molecular flexibility index (Phi) is 4.75. The Balaban J connectivity index is 1.42. The Morgan fingerprint density at radius 3 is 2.92 bits per heavy atom. The summed E-state index contributed by atoms with van der Waals surface area (Å²) in [5.41, 5.74) is 1.27. The number of fused-ring (bicyclic) bond motifs is 3. The van der Waals surface area contributed by atoms with E-state index in [0.29, 0.717) is 12.1 Å². The van der Waals surface area contributed by atoms with E-state index in [2.05, 4.69) is 15.3 Å². The molecule has 1 saturated heterocycles. The summed E-state index contributed by atoms with van der Waals surface area (Å²) in [4.78, 5) is 28.2. The quantitative estimate of drug-likeness (QED) is 0.701. The normalized spacial score (nSPS) is 15.7. The van der Waals surface area contributed by atoms with Gasteiger partial charge in [-0.05, 0) is 19.1 Å². The largest absolute Gasteiger partial charge is 0.379 e. The maximum Gasteiger partial charge on any atom is 0.291 e. The number of hydrogen-bond donors (Lipinski definition) is 1. The molecule has 1 aliphatic rings. The number of morpholine rings is 1. The van der Waals surface area contributed by atoms with Crippen molar-refractivity contribution >= 4 is 33.0 Å². The monoisotopic (exact) mass is 375 g/mol. The summed E-state index contributed by atoms with van der Waals surface area (Å²) >= 11 is 1.64. The van der Waals surface area contributed by atoms with Crippen LogP contribution in [0.25, 0.3) is 15.7 Å². The molecule has 0 bridgehead atoms. The van der Waals surface area contributed by atoms with Crippen LogP contribution in [0.2, 0.25) is 0 Å². The second kappa shape index (κ2) is 7.18. The summed E-state index contributed by atoms with van der Waals surface area (Å²) in [6, 6.07) is 3.90. The molecule has 0 aromatic carbocycles. The fourth-order valence-corrected chi connectivity index (χ4v) is 4.15. The lowest BCUT2D eigenvalue weighted by molar-refractivity contribution is -0.122. The summed E-state index contributed by atoms with van der Waals surface area (Å²) in [6.07, 6.45) is 1.60. The SMILES string of the molecule is Cc1cc2c(cc3c(=O)n(CC(=O)NCCN4CCOCC4)ncn32)s1. The molecule has 4 rings (SSSR count). The second-order valence-corrected chi connectivity index (χ2v) is 7.69. The highest BCUT2D eigenvalue weighted by Crippen LogP contribution is 2.26. The molecule has 9 heteroatoms. The third-order valence-electron chi connectivity index (χ3n) is 4.56. The number of carbonyl (C=O) groups is 1. The molecular weight excluding hydrogens is 354 g/mol. The topological polar surface area (TPSA) is 80.9 Å². The van der Waals surface area contributed by atoms with Crippen molar-refractivity contribution in [3.8, 4) is 0 Å². The van der Waals surface area contributed by atoms with Gasteiger partial charge in [-0.1, -0.05) is 0 Å². The number of nitrogens with zero attached hydrogens (tertiary/aromatic N) is 4. The summed E-state index contributed by atoms with van der Waals surface area (Å²) < 4.78 is 9.35. The lowest BCUT2D eigenvalue weighted by atomic mass is 10.4. The van der Waals surface area contributed by atoms with E-state index in [0.717, 1.165) is 43.1 Å². The minimum Gasteiger partial charge on any atom is -0.379 e. The molecule has 1 aliphatic heterocycles. The number of hydrogen-bond acceptors (Lipinski definition) is 6. The number of carbonyl (C=O) groups excluding carboxylic acids is 1. The maximum absolute atomic E-state index is 12.6. The van der Waals surface area contributed by atoms with Crippen LogP contribution in [-0.2, 0) is 16.1 Å². The van der Waals surface area contributed by atoms with Crippen LogP contribution in [0.4, 0.5) is 0 Å². The lowest BCUT2D eigenvalue weighted by Crippen LogP contribution is -2.42. The van der Waals surface area contributed by atoms with Crippen LogP contribution in [0.1, 0.15) is 4.88 Å². The second-order valence-electron chi connectivity index (χ2n) is 6.40. The van der Waals surface area contributed by atoms with E-state index >= 15 is 0 Å². The van der Waals surface area contributed by atoms with Gasteiger partial charge in [-0.15, -0.1) is 11.3 Å². The van der Waals surface area contributed by atoms with Crippen molar-refractivity contribution in [3.63, 3.8) is 0 Å². The number of thiophene rings is 1. The number of rotatable bonds is 5. The Morgan fingerprint density at radius 1 is 1.31 bits per heavy atom. The van der Waals surface area contributed by atoms with E-state index in [-0.39, 0.29) is 18.0 Å². The minimum absolute atomic E-state index is 0.0731. The molecule has 0 aliphatic carbocycles. The molecule has 138 valence electrons. The molecule has 0 radical (unpaired) electrons. The predicted octanol–water partition coefficient (Wildman–Crippen LogP) is 0.468. The van der Waals surface area contributed by atoms with Gasteiger partial charge in [0.1, 0.15) is 18.4 Å². The number of aryl methyl sites for hydroxylation is 1. The summed E-state index contributed by atoms with van der Waals surface area (Å²) in [7, 11) is 0. The highest BCUT2D eigenvalue weighted by atomic mass is 32.1. The van der Waals surface area contributed by atoms with Crippen LogP contribution in [0.3, 0.4) is 0 Å². The molecule has 1 amide bonds. The summed E-state index contributed by atoms with van der Waals surface area (Å²) in [5, 5.41) is 7.02. The van der Waals surface area contributed by atoms with Crippen molar-refractivity contribution in [1.29, 1.82) is 0 Å². The molecule has 1 N–H and O–H groups in total. The van der Waals surface area contributed by atoms with Crippen LogP contribution in [0, 0.1) is 6.92 Å². The van der Waals surface area contributed by atoms with E-state index in [4.69, 9.17) is 4.74 Å². The van der Waals surface area contributed by atoms with Crippen molar-refractivity contribution in [1.82, 2.24) is 24.4 Å². The van der Waals surface area contributed by atoms with Gasteiger partial charge in [0.05, 0.1) is 23.4 Å². The highest BCUT2D eigenvalue weighted by molar-refractivity contribution is 7.19. The van der Waals surface area contributed by atoms with Gasteiger partial charge in [-0.3, -0.25) is 18.9 Å². The lowest BCUT2D eigenvalue weighted by Gasteiger charge is -2.26. The molecule has 26 heavy (non-hydrogen) atoms. The zero-order valence-electron chi connectivity index (χ0n) is 14.6. The van der Waals surface area contributed by atoms with E-state index < -0.39 is 0 Å². The highest BCUT2D eigenvalue weighted by Gasteiger charge is 2.14. The van der Waals surface area contributed by atoms with Gasteiger partial charge < -0.3 is 10.1 Å². The molecule has 4 heterocycles. The van der Waals surface area contributed by atoms with Crippen LogP contribution < -0.4 is 10.9 Å². The van der Waals surface area contributed by atoms with Gasteiger partial charge >= 0.3 is 0 Å². The molecule has 0 spiro atoms. The van der Waals surface area contributed by atoms with Crippen molar-refractivity contribution in [2.24, 2.45) is 0 Å². The predicted molar refractivity (Wildman–Crippen MR) is 99.8 cm³/mol. The Hall–Kier alpha value is -2.23. The zero-order valence-corrected chi connectivity index (χ0v) is 15.4. The molecule has 3 aromatic rings. The first kappa shape index (κ1) is 17.2. The summed E-state index contributed by atoms with van der Waals surface area (Å²) in [5.74, 6) is -0.207. The molecule has 3 aromatic heterocycles. The van der Waals surface area contributed by atoms with E-state index in [1.807, 2.05) is 19.1 Å². The molecular formula is C17H21N5O3S. The number of nitrogens with one attached hydrogen (secondary N) is 1. The fraction of sp³-hybridized carbons (Fsp3) is 0.471. The standard InChI is InChI=1S/C17H21N5O3S/c1-12-8-13-15(26-12)9-14-17(24)22(19-11-21(13)14)10-16(23)18-2-3-20-4-6-25-7-5-20/h8-9,11H,2-7,10H2,1H3,(H,18,23). The van der Waals surface area contributed by atoms with E-state index in [1.54, 1.807) is 22.1 Å². The van der Waals surface area contributed by atoms with Gasteiger partial charge in [-0.2, -0.15) is 5.10 Å². The van der Waals surface area contributed by atoms with Crippen LogP contribution in [0.5, 0.6) is 0 Å². The Labute approximate surface area is 154 Å². The first-order valence-corrected chi connectivity index (χ1v) is 9.47. The minimum atomic E-state index is -0.253. The van der Waals surface area contributed by atoms with Crippen LogP contribution in [0.15, 0.2) is 23.3 Å². The first-order valence-electron chi connectivity index (χ1n) is 8.66. The van der Waals surface area contributed by atoms with Gasteiger partial charge in [0.2, 0.25) is 5.91 Å². The third-order valence-corrected chi connectivity index (χ3v) is 5.54. The number of ether oxygens (including phenoxy) is 1. The van der Waals surface area contributed by atoms with E-state index in [1.165, 1.54) is 9.56 Å². The molecule has 0 saturated carbocycles. The van der Waals surface area contributed by atoms with Gasteiger partial charge in [0.25, 0.3) is 5.56 Å². The fourth-order valence-electron chi connectivity index (χ4n) is 3.20.